The maximum absolute atomic E-state index is 12.8. The van der Waals surface area contributed by atoms with E-state index in [4.69, 9.17) is 14.2 Å². The summed E-state index contributed by atoms with van der Waals surface area (Å²) in [6.07, 6.45) is 0.155. The number of hydrogen-bond donors (Lipinski definition) is 1. The van der Waals surface area contributed by atoms with Crippen molar-refractivity contribution in [3.05, 3.63) is 65.7 Å². The summed E-state index contributed by atoms with van der Waals surface area (Å²) >= 11 is 0. The predicted octanol–water partition coefficient (Wildman–Crippen LogP) is 4.19. The molecule has 0 fully saturated rings. The number of carboxylic acid groups (broad SMARTS) is 1. The van der Waals surface area contributed by atoms with E-state index in [0.717, 1.165) is 5.56 Å². The van der Waals surface area contributed by atoms with Crippen molar-refractivity contribution in [1.82, 2.24) is 0 Å². The zero-order valence-corrected chi connectivity index (χ0v) is 13.0. The molecule has 2 aromatic rings. The highest BCUT2D eigenvalue weighted by atomic mass is 31.2. The smallest absolute Gasteiger partial charge is 0.383 e. The third-order valence-corrected chi connectivity index (χ3v) is 4.78. The Balaban J connectivity index is 2.17. The van der Waals surface area contributed by atoms with Crippen molar-refractivity contribution in [3.63, 3.8) is 0 Å². The lowest BCUT2D eigenvalue weighted by atomic mass is 10.2. The molecule has 22 heavy (non-hydrogen) atoms. The van der Waals surface area contributed by atoms with E-state index in [2.05, 4.69) is 0 Å². The number of hydrogen-bond acceptors (Lipinski definition) is 4. The lowest BCUT2D eigenvalue weighted by Crippen LogP contribution is -2.02. The Bertz CT molecular complexity index is 667. The lowest BCUT2D eigenvalue weighted by molar-refractivity contribution is 0.0697. The van der Waals surface area contributed by atoms with E-state index in [-0.39, 0.29) is 18.3 Å². The van der Waals surface area contributed by atoms with Crippen molar-refractivity contribution in [2.45, 2.75) is 13.1 Å². The Labute approximate surface area is 129 Å². The molecule has 0 aliphatic heterocycles. The van der Waals surface area contributed by atoms with Gasteiger partial charge in [-0.05, 0) is 36.8 Å². The van der Waals surface area contributed by atoms with Crippen LogP contribution in [0.5, 0.6) is 5.75 Å². The second-order valence-corrected chi connectivity index (χ2v) is 6.57. The molecule has 0 bridgehead atoms. The van der Waals surface area contributed by atoms with Gasteiger partial charge in [0.15, 0.2) is 0 Å². The predicted molar refractivity (Wildman–Crippen MR) is 83.4 cm³/mol. The summed E-state index contributed by atoms with van der Waals surface area (Å²) in [6.45, 7) is 2.01. The van der Waals surface area contributed by atoms with Crippen LogP contribution in [0, 0.1) is 0 Å². The van der Waals surface area contributed by atoms with Gasteiger partial charge in [0.05, 0.1) is 18.3 Å². The molecule has 0 aromatic heterocycles. The fraction of sp³-hybridized carbons (Fsp3) is 0.188. The maximum Gasteiger partial charge on any atom is 0.383 e. The van der Waals surface area contributed by atoms with Gasteiger partial charge >= 0.3 is 13.6 Å². The monoisotopic (exact) mass is 320 g/mol. The average Bonchev–Trinajstić information content (AvgIpc) is 2.48. The van der Waals surface area contributed by atoms with Crippen LogP contribution in [0.1, 0.15) is 22.8 Å². The SMILES string of the molecule is CCOP(=O)(Cc1ccccc1)Oc1ccc(C(=O)O)cc1. The van der Waals surface area contributed by atoms with E-state index in [0.29, 0.717) is 5.75 Å². The molecule has 0 radical (unpaired) electrons. The molecule has 6 heteroatoms. The molecule has 5 nitrogen and oxygen atoms in total. The zero-order chi connectivity index (χ0) is 16.0. The van der Waals surface area contributed by atoms with E-state index in [1.807, 2.05) is 30.3 Å². The van der Waals surface area contributed by atoms with Gasteiger partial charge in [-0.1, -0.05) is 30.3 Å². The number of carboxylic acids is 1. The topological polar surface area (TPSA) is 72.8 Å². The molecule has 1 N–H and O–H groups in total. The van der Waals surface area contributed by atoms with Crippen LogP contribution in [-0.4, -0.2) is 17.7 Å². The molecule has 2 rings (SSSR count). The van der Waals surface area contributed by atoms with Crippen molar-refractivity contribution in [3.8, 4) is 5.75 Å². The Hall–Kier alpha value is -2.10. The van der Waals surface area contributed by atoms with E-state index < -0.39 is 13.6 Å². The molecule has 1 atom stereocenters. The van der Waals surface area contributed by atoms with Crippen LogP contribution in [-0.2, 0) is 15.3 Å². The summed E-state index contributed by atoms with van der Waals surface area (Å²) < 4.78 is 23.7. The maximum atomic E-state index is 12.8. The summed E-state index contributed by atoms with van der Waals surface area (Å²) in [5, 5.41) is 8.87. The zero-order valence-electron chi connectivity index (χ0n) is 12.1. The summed E-state index contributed by atoms with van der Waals surface area (Å²) in [5.41, 5.74) is 0.989. The van der Waals surface area contributed by atoms with E-state index in [9.17, 15) is 9.36 Å². The molecule has 1 unspecified atom stereocenters. The van der Waals surface area contributed by atoms with Crippen molar-refractivity contribution in [2.24, 2.45) is 0 Å². The Kier molecular flexibility index (Phi) is 5.36. The molecule has 0 aliphatic rings. The number of benzene rings is 2. The molecular weight excluding hydrogens is 303 g/mol. The van der Waals surface area contributed by atoms with Crippen LogP contribution in [0.3, 0.4) is 0 Å². The van der Waals surface area contributed by atoms with Crippen LogP contribution in [0.4, 0.5) is 0 Å². The van der Waals surface area contributed by atoms with Crippen molar-refractivity contribution in [2.75, 3.05) is 6.61 Å². The van der Waals surface area contributed by atoms with Gasteiger partial charge in [0.25, 0.3) is 0 Å². The number of aromatic carboxylic acids is 1. The highest BCUT2D eigenvalue weighted by Crippen LogP contribution is 2.51. The van der Waals surface area contributed by atoms with Crippen LogP contribution in [0.25, 0.3) is 0 Å². The first-order valence-electron chi connectivity index (χ1n) is 6.83. The minimum Gasteiger partial charge on any atom is -0.478 e. The minimum absolute atomic E-state index is 0.140. The lowest BCUT2D eigenvalue weighted by Gasteiger charge is -2.19. The molecule has 2 aromatic carbocycles. The summed E-state index contributed by atoms with van der Waals surface area (Å²) in [7, 11) is -3.35. The molecule has 0 spiro atoms. The fourth-order valence-electron chi connectivity index (χ4n) is 1.93. The highest BCUT2D eigenvalue weighted by Gasteiger charge is 2.26. The van der Waals surface area contributed by atoms with Crippen molar-refractivity contribution in [1.29, 1.82) is 0 Å². The molecule has 0 saturated heterocycles. The van der Waals surface area contributed by atoms with Crippen LogP contribution in [0.15, 0.2) is 54.6 Å². The molecule has 116 valence electrons. The third kappa shape index (κ3) is 4.45. The standard InChI is InChI=1S/C16H17O5P/c1-2-20-22(19,12-13-6-4-3-5-7-13)21-15-10-8-14(9-11-15)16(17)18/h3-11H,2,12H2,1H3,(H,17,18). The number of rotatable bonds is 7. The van der Waals surface area contributed by atoms with E-state index in [1.165, 1.54) is 24.3 Å². The van der Waals surface area contributed by atoms with Gasteiger partial charge < -0.3 is 9.63 Å². The largest absolute Gasteiger partial charge is 0.478 e. The Morgan fingerprint density at radius 3 is 2.27 bits per heavy atom. The van der Waals surface area contributed by atoms with E-state index in [1.54, 1.807) is 6.92 Å². The average molecular weight is 320 g/mol. The van der Waals surface area contributed by atoms with Crippen LogP contribution >= 0.6 is 7.60 Å². The van der Waals surface area contributed by atoms with Gasteiger partial charge in [0.1, 0.15) is 5.75 Å². The van der Waals surface area contributed by atoms with Gasteiger partial charge in [-0.15, -0.1) is 0 Å². The Morgan fingerprint density at radius 1 is 1.09 bits per heavy atom. The van der Waals surface area contributed by atoms with Gasteiger partial charge in [-0.3, -0.25) is 4.52 Å². The molecule has 0 amide bonds. The van der Waals surface area contributed by atoms with Crippen molar-refractivity contribution < 1.29 is 23.5 Å². The van der Waals surface area contributed by atoms with Gasteiger partial charge in [0, 0.05) is 0 Å². The molecular formula is C16H17O5P. The second-order valence-electron chi connectivity index (χ2n) is 4.59. The van der Waals surface area contributed by atoms with Gasteiger partial charge in [0.2, 0.25) is 0 Å². The third-order valence-electron chi connectivity index (χ3n) is 2.89. The minimum atomic E-state index is -3.35. The van der Waals surface area contributed by atoms with Gasteiger partial charge in [-0.25, -0.2) is 9.36 Å². The normalized spacial score (nSPS) is 13.3. The summed E-state index contributed by atoms with van der Waals surface area (Å²) in [5.74, 6) is -0.707. The molecule has 0 heterocycles. The Morgan fingerprint density at radius 2 is 1.73 bits per heavy atom. The van der Waals surface area contributed by atoms with Crippen LogP contribution < -0.4 is 4.52 Å². The van der Waals surface area contributed by atoms with Crippen LogP contribution in [0.2, 0.25) is 0 Å². The van der Waals surface area contributed by atoms with Crippen molar-refractivity contribution >= 4 is 13.6 Å². The van der Waals surface area contributed by atoms with E-state index >= 15 is 0 Å². The summed E-state index contributed by atoms with van der Waals surface area (Å²) in [6, 6.07) is 15.0. The highest BCUT2D eigenvalue weighted by molar-refractivity contribution is 7.53. The fourth-order valence-corrected chi connectivity index (χ4v) is 3.63. The molecule has 0 saturated carbocycles. The molecule has 0 aliphatic carbocycles. The quantitative estimate of drug-likeness (QED) is 0.774. The summed E-state index contributed by atoms with van der Waals surface area (Å²) in [4.78, 5) is 10.8. The first-order chi connectivity index (χ1) is 10.5. The first kappa shape index (κ1) is 16.3. The number of carbonyl (C=O) groups is 1. The second kappa shape index (κ2) is 7.25. The first-order valence-corrected chi connectivity index (χ1v) is 8.56. The van der Waals surface area contributed by atoms with Gasteiger partial charge in [-0.2, -0.15) is 0 Å².